The number of rotatable bonds is 5. The van der Waals surface area contributed by atoms with Gasteiger partial charge in [0.15, 0.2) is 0 Å². The molecule has 0 aliphatic rings. The minimum atomic E-state index is 0.233. The highest BCUT2D eigenvalue weighted by atomic mass is 16.3. The Morgan fingerprint density at radius 2 is 1.58 bits per heavy atom. The molecule has 0 amide bonds. The molecule has 0 heterocycles. The SMILES string of the molecule is CNCCN(C)C.CNCCO. The van der Waals surface area contributed by atoms with E-state index in [-0.39, 0.29) is 6.61 Å². The molecule has 0 saturated heterocycles. The maximum Gasteiger partial charge on any atom is 0.0555 e. The number of hydrogen-bond acceptors (Lipinski definition) is 4. The molecule has 0 fully saturated rings. The largest absolute Gasteiger partial charge is 0.395 e. The molecule has 0 atom stereocenters. The zero-order chi connectivity index (χ0) is 9.82. The second-order valence-corrected chi connectivity index (χ2v) is 2.73. The maximum atomic E-state index is 8.00. The molecule has 3 N–H and O–H groups in total. The summed E-state index contributed by atoms with van der Waals surface area (Å²) in [5, 5.41) is 13.8. The number of likely N-dealkylation sites (N-methyl/N-ethyl adjacent to an activating group) is 3. The first kappa shape index (κ1) is 14.4. The molecule has 4 nitrogen and oxygen atoms in total. The smallest absolute Gasteiger partial charge is 0.0555 e. The molecule has 0 spiro atoms. The van der Waals surface area contributed by atoms with E-state index in [1.165, 1.54) is 0 Å². The van der Waals surface area contributed by atoms with Crippen molar-refractivity contribution in [1.82, 2.24) is 15.5 Å². The lowest BCUT2D eigenvalue weighted by molar-refractivity contribution is 0.296. The minimum Gasteiger partial charge on any atom is -0.395 e. The third-order valence-corrected chi connectivity index (χ3v) is 1.17. The molecule has 0 aromatic rings. The molecule has 76 valence electrons. The fourth-order valence-corrected chi connectivity index (χ4v) is 0.447. The molecule has 0 bridgehead atoms. The van der Waals surface area contributed by atoms with E-state index < -0.39 is 0 Å². The predicted octanol–water partition coefficient (Wildman–Crippen LogP) is -1.03. The summed E-state index contributed by atoms with van der Waals surface area (Å²) in [4.78, 5) is 2.15. The van der Waals surface area contributed by atoms with Gasteiger partial charge in [0.2, 0.25) is 0 Å². The van der Waals surface area contributed by atoms with Gasteiger partial charge in [-0.1, -0.05) is 0 Å². The van der Waals surface area contributed by atoms with Crippen molar-refractivity contribution in [1.29, 1.82) is 0 Å². The Balaban J connectivity index is 0. The van der Waals surface area contributed by atoms with Crippen LogP contribution in [0.15, 0.2) is 0 Å². The van der Waals surface area contributed by atoms with Crippen molar-refractivity contribution in [2.45, 2.75) is 0 Å². The third kappa shape index (κ3) is 22.5. The number of aliphatic hydroxyl groups excluding tert-OH is 1. The summed E-state index contributed by atoms with van der Waals surface area (Å²) in [5.41, 5.74) is 0. The van der Waals surface area contributed by atoms with Crippen LogP contribution in [0.4, 0.5) is 0 Å². The van der Waals surface area contributed by atoms with Crippen LogP contribution in [0.25, 0.3) is 0 Å². The van der Waals surface area contributed by atoms with E-state index in [4.69, 9.17) is 5.11 Å². The normalized spacial score (nSPS) is 9.50. The van der Waals surface area contributed by atoms with Crippen LogP contribution in [0, 0.1) is 0 Å². The number of nitrogens with one attached hydrogen (secondary N) is 2. The Hall–Kier alpha value is -0.160. The fourth-order valence-electron chi connectivity index (χ4n) is 0.447. The Morgan fingerprint density at radius 3 is 1.67 bits per heavy atom. The van der Waals surface area contributed by atoms with Gasteiger partial charge < -0.3 is 20.6 Å². The molecule has 12 heavy (non-hydrogen) atoms. The lowest BCUT2D eigenvalue weighted by Gasteiger charge is -2.06. The number of nitrogens with zero attached hydrogens (tertiary/aromatic N) is 1. The van der Waals surface area contributed by atoms with Crippen LogP contribution in [-0.4, -0.2) is 64.4 Å². The first-order valence-electron chi connectivity index (χ1n) is 4.23. The van der Waals surface area contributed by atoms with Crippen LogP contribution in [0.2, 0.25) is 0 Å². The lowest BCUT2D eigenvalue weighted by Crippen LogP contribution is -2.23. The minimum absolute atomic E-state index is 0.233. The van der Waals surface area contributed by atoms with Crippen molar-refractivity contribution in [3.63, 3.8) is 0 Å². The van der Waals surface area contributed by atoms with E-state index in [9.17, 15) is 0 Å². The summed E-state index contributed by atoms with van der Waals surface area (Å²) in [6.45, 7) is 3.12. The van der Waals surface area contributed by atoms with Crippen molar-refractivity contribution >= 4 is 0 Å². The van der Waals surface area contributed by atoms with Gasteiger partial charge in [0.25, 0.3) is 0 Å². The van der Waals surface area contributed by atoms with E-state index in [0.717, 1.165) is 13.1 Å². The molecule has 0 unspecified atom stereocenters. The summed E-state index contributed by atoms with van der Waals surface area (Å²) < 4.78 is 0. The van der Waals surface area contributed by atoms with Crippen molar-refractivity contribution in [3.05, 3.63) is 0 Å². The molecule has 0 rings (SSSR count). The molecule has 0 saturated carbocycles. The van der Waals surface area contributed by atoms with Crippen LogP contribution in [0.3, 0.4) is 0 Å². The van der Waals surface area contributed by atoms with Crippen LogP contribution < -0.4 is 10.6 Å². The highest BCUT2D eigenvalue weighted by Gasteiger charge is 1.82. The lowest BCUT2D eigenvalue weighted by atomic mass is 10.6. The zero-order valence-electron chi connectivity index (χ0n) is 8.72. The molecule has 4 heteroatoms. The molecular formula is C8H23N3O. The van der Waals surface area contributed by atoms with Crippen molar-refractivity contribution < 1.29 is 5.11 Å². The van der Waals surface area contributed by atoms with Crippen LogP contribution in [0.5, 0.6) is 0 Å². The highest BCUT2D eigenvalue weighted by Crippen LogP contribution is 1.66. The summed E-state index contributed by atoms with van der Waals surface area (Å²) in [5.74, 6) is 0. The Morgan fingerprint density at radius 1 is 1.08 bits per heavy atom. The van der Waals surface area contributed by atoms with Gasteiger partial charge in [-0.3, -0.25) is 0 Å². The topological polar surface area (TPSA) is 47.5 Å². The third-order valence-electron chi connectivity index (χ3n) is 1.17. The van der Waals surface area contributed by atoms with E-state index >= 15 is 0 Å². The van der Waals surface area contributed by atoms with Gasteiger partial charge in [-0.2, -0.15) is 0 Å². The van der Waals surface area contributed by atoms with Gasteiger partial charge in [-0.05, 0) is 28.2 Å². The first-order valence-corrected chi connectivity index (χ1v) is 4.23. The van der Waals surface area contributed by atoms with Gasteiger partial charge in [-0.25, -0.2) is 0 Å². The molecule has 0 aliphatic carbocycles. The van der Waals surface area contributed by atoms with E-state index in [2.05, 4.69) is 29.6 Å². The first-order chi connectivity index (χ1) is 5.68. The second kappa shape index (κ2) is 13.4. The fraction of sp³-hybridized carbons (Fsp3) is 1.00. The Bertz CT molecular complexity index is 67.3. The summed E-state index contributed by atoms with van der Waals surface area (Å²) in [7, 11) is 7.90. The molecule has 0 radical (unpaired) electrons. The van der Waals surface area contributed by atoms with Crippen LogP contribution >= 0.6 is 0 Å². The van der Waals surface area contributed by atoms with E-state index in [1.807, 2.05) is 7.05 Å². The zero-order valence-corrected chi connectivity index (χ0v) is 8.72. The number of aliphatic hydroxyl groups is 1. The van der Waals surface area contributed by atoms with Gasteiger partial charge in [0.1, 0.15) is 0 Å². The quantitative estimate of drug-likeness (QED) is 0.502. The van der Waals surface area contributed by atoms with E-state index in [1.54, 1.807) is 7.05 Å². The van der Waals surface area contributed by atoms with Gasteiger partial charge in [0, 0.05) is 19.6 Å². The van der Waals surface area contributed by atoms with Crippen molar-refractivity contribution in [2.75, 3.05) is 54.4 Å². The summed E-state index contributed by atoms with van der Waals surface area (Å²) in [6, 6.07) is 0. The van der Waals surface area contributed by atoms with Crippen LogP contribution in [0.1, 0.15) is 0 Å². The van der Waals surface area contributed by atoms with E-state index in [0.29, 0.717) is 6.54 Å². The Labute approximate surface area is 76.0 Å². The molecule has 0 aromatic carbocycles. The standard InChI is InChI=1S/C5H14N2.C3H9NO/c1-6-4-5-7(2)3;1-4-2-3-5/h6H,4-5H2,1-3H3;4-5H,2-3H2,1H3. The Kier molecular flexibility index (Phi) is 16.1. The summed E-state index contributed by atoms with van der Waals surface area (Å²) >= 11 is 0. The van der Waals surface area contributed by atoms with Gasteiger partial charge >= 0.3 is 0 Å². The maximum absolute atomic E-state index is 8.00. The predicted molar refractivity (Wildman–Crippen MR) is 53.5 cm³/mol. The summed E-state index contributed by atoms with van der Waals surface area (Å²) in [6.07, 6.45) is 0. The highest BCUT2D eigenvalue weighted by molar-refractivity contribution is 4.42. The van der Waals surface area contributed by atoms with Gasteiger partial charge in [-0.15, -0.1) is 0 Å². The molecule has 0 aliphatic heterocycles. The van der Waals surface area contributed by atoms with Crippen molar-refractivity contribution in [3.8, 4) is 0 Å². The monoisotopic (exact) mass is 177 g/mol. The van der Waals surface area contributed by atoms with Crippen LogP contribution in [-0.2, 0) is 0 Å². The molecule has 0 aromatic heterocycles. The van der Waals surface area contributed by atoms with Gasteiger partial charge in [0.05, 0.1) is 6.61 Å². The average Bonchev–Trinajstić information content (AvgIpc) is 2.03. The number of hydrogen-bond donors (Lipinski definition) is 3. The van der Waals surface area contributed by atoms with Crippen molar-refractivity contribution in [2.24, 2.45) is 0 Å². The molecular weight excluding hydrogens is 154 g/mol. The second-order valence-electron chi connectivity index (χ2n) is 2.73. The average molecular weight is 177 g/mol.